The number of hydrogen-bond donors (Lipinski definition) is 0. The number of aryl methyl sites for hydroxylation is 1. The fourth-order valence-corrected chi connectivity index (χ4v) is 2.62. The summed E-state index contributed by atoms with van der Waals surface area (Å²) in [6.45, 7) is 2.54. The molecule has 20 heavy (non-hydrogen) atoms. The fourth-order valence-electron chi connectivity index (χ4n) is 1.79. The molecular formula is C15H15N3OS. The molecule has 0 atom stereocenters. The monoisotopic (exact) mass is 285 g/mol. The molecule has 0 aliphatic heterocycles. The van der Waals surface area contributed by atoms with Crippen molar-refractivity contribution in [3.05, 3.63) is 51.5 Å². The Morgan fingerprint density at radius 2 is 2.10 bits per heavy atom. The first-order valence-corrected chi connectivity index (χ1v) is 7.10. The van der Waals surface area contributed by atoms with Crippen LogP contribution in [0, 0.1) is 18.3 Å². The normalized spacial score (nSPS) is 10.1. The maximum atomic E-state index is 12.1. The third kappa shape index (κ3) is 3.43. The number of nitriles is 1. The average molecular weight is 285 g/mol. The highest BCUT2D eigenvalue weighted by molar-refractivity contribution is 7.09. The van der Waals surface area contributed by atoms with E-state index in [-0.39, 0.29) is 5.91 Å². The molecule has 0 aliphatic carbocycles. The molecule has 5 heteroatoms. The van der Waals surface area contributed by atoms with E-state index >= 15 is 0 Å². The first-order chi connectivity index (χ1) is 9.60. The zero-order valence-corrected chi connectivity index (χ0v) is 12.3. The van der Waals surface area contributed by atoms with Gasteiger partial charge in [0.1, 0.15) is 0 Å². The number of nitrogens with zero attached hydrogens (tertiary/aromatic N) is 3. The third-order valence-corrected chi connectivity index (χ3v) is 4.01. The van der Waals surface area contributed by atoms with Gasteiger partial charge in [-0.3, -0.25) is 4.79 Å². The lowest BCUT2D eigenvalue weighted by Gasteiger charge is -2.16. The Morgan fingerprint density at radius 3 is 2.65 bits per heavy atom. The van der Waals surface area contributed by atoms with E-state index in [0.717, 1.165) is 16.1 Å². The van der Waals surface area contributed by atoms with Crippen molar-refractivity contribution in [2.45, 2.75) is 19.9 Å². The number of amides is 1. The van der Waals surface area contributed by atoms with E-state index < -0.39 is 0 Å². The first kappa shape index (κ1) is 14.2. The SMILES string of the molecule is Cc1ncsc1CN(C)C(=O)Cc1ccc(C#N)cc1. The number of carbonyl (C=O) groups is 1. The number of hydrogen-bond acceptors (Lipinski definition) is 4. The van der Waals surface area contributed by atoms with Crippen molar-refractivity contribution in [1.82, 2.24) is 9.88 Å². The Kier molecular flexibility index (Phi) is 4.49. The lowest BCUT2D eigenvalue weighted by atomic mass is 10.1. The van der Waals surface area contributed by atoms with Gasteiger partial charge in [0.2, 0.25) is 5.91 Å². The minimum Gasteiger partial charge on any atom is -0.340 e. The molecule has 1 aromatic carbocycles. The zero-order chi connectivity index (χ0) is 14.5. The van der Waals surface area contributed by atoms with Gasteiger partial charge in [-0.1, -0.05) is 12.1 Å². The Bertz CT molecular complexity index is 640. The highest BCUT2D eigenvalue weighted by Gasteiger charge is 2.12. The second-order valence-electron chi connectivity index (χ2n) is 4.60. The molecule has 0 unspecified atom stereocenters. The molecule has 0 aliphatic rings. The molecule has 4 nitrogen and oxygen atoms in total. The second kappa shape index (κ2) is 6.31. The number of aromatic nitrogens is 1. The standard InChI is InChI=1S/C15H15N3OS/c1-11-14(20-10-17-11)9-18(2)15(19)7-12-3-5-13(8-16)6-4-12/h3-6,10H,7,9H2,1-2H3. The van der Waals surface area contributed by atoms with Gasteiger partial charge in [-0.05, 0) is 24.6 Å². The largest absolute Gasteiger partial charge is 0.340 e. The zero-order valence-electron chi connectivity index (χ0n) is 11.5. The summed E-state index contributed by atoms with van der Waals surface area (Å²) in [4.78, 5) is 19.2. The summed E-state index contributed by atoms with van der Waals surface area (Å²) in [6.07, 6.45) is 0.347. The first-order valence-electron chi connectivity index (χ1n) is 6.22. The van der Waals surface area contributed by atoms with Crippen LogP contribution in [0.3, 0.4) is 0 Å². The van der Waals surface area contributed by atoms with Crippen molar-refractivity contribution in [2.24, 2.45) is 0 Å². The molecule has 0 fully saturated rings. The second-order valence-corrected chi connectivity index (χ2v) is 5.54. The van der Waals surface area contributed by atoms with Crippen molar-refractivity contribution < 1.29 is 4.79 Å². The van der Waals surface area contributed by atoms with Crippen LogP contribution < -0.4 is 0 Å². The van der Waals surface area contributed by atoms with Crippen LogP contribution in [-0.2, 0) is 17.8 Å². The quantitative estimate of drug-likeness (QED) is 0.867. The highest BCUT2D eigenvalue weighted by atomic mass is 32.1. The average Bonchev–Trinajstić information content (AvgIpc) is 2.85. The molecule has 2 rings (SSSR count). The lowest BCUT2D eigenvalue weighted by molar-refractivity contribution is -0.129. The van der Waals surface area contributed by atoms with Gasteiger partial charge in [-0.15, -0.1) is 11.3 Å². The van der Waals surface area contributed by atoms with E-state index in [4.69, 9.17) is 5.26 Å². The van der Waals surface area contributed by atoms with Gasteiger partial charge in [0, 0.05) is 11.9 Å². The van der Waals surface area contributed by atoms with Crippen molar-refractivity contribution >= 4 is 17.2 Å². The summed E-state index contributed by atoms with van der Waals surface area (Å²) < 4.78 is 0. The van der Waals surface area contributed by atoms with Gasteiger partial charge in [-0.25, -0.2) is 4.98 Å². The van der Waals surface area contributed by atoms with E-state index in [2.05, 4.69) is 11.1 Å². The molecule has 0 saturated heterocycles. The fraction of sp³-hybridized carbons (Fsp3) is 0.267. The molecule has 0 radical (unpaired) electrons. The molecule has 1 heterocycles. The van der Waals surface area contributed by atoms with E-state index in [1.807, 2.05) is 19.1 Å². The smallest absolute Gasteiger partial charge is 0.227 e. The van der Waals surface area contributed by atoms with Gasteiger partial charge in [0.15, 0.2) is 0 Å². The molecule has 102 valence electrons. The van der Waals surface area contributed by atoms with Crippen molar-refractivity contribution in [1.29, 1.82) is 5.26 Å². The van der Waals surface area contributed by atoms with E-state index in [1.165, 1.54) is 0 Å². The van der Waals surface area contributed by atoms with Crippen molar-refractivity contribution in [3.8, 4) is 6.07 Å². The molecule has 0 saturated carbocycles. The Morgan fingerprint density at radius 1 is 1.40 bits per heavy atom. The summed E-state index contributed by atoms with van der Waals surface area (Å²) in [5.74, 6) is 0.0579. The summed E-state index contributed by atoms with van der Waals surface area (Å²) in [5.41, 5.74) is 4.30. The van der Waals surface area contributed by atoms with Gasteiger partial charge < -0.3 is 4.90 Å². The summed E-state index contributed by atoms with van der Waals surface area (Å²) in [5, 5.41) is 8.74. The summed E-state index contributed by atoms with van der Waals surface area (Å²) >= 11 is 1.57. The van der Waals surface area contributed by atoms with Gasteiger partial charge >= 0.3 is 0 Å². The number of thiazole rings is 1. The number of rotatable bonds is 4. The Labute approximate surface area is 122 Å². The van der Waals surface area contributed by atoms with Crippen LogP contribution in [0.25, 0.3) is 0 Å². The van der Waals surface area contributed by atoms with Crippen LogP contribution in [0.4, 0.5) is 0 Å². The van der Waals surface area contributed by atoms with Crippen molar-refractivity contribution in [3.63, 3.8) is 0 Å². The Balaban J connectivity index is 1.97. The van der Waals surface area contributed by atoms with Crippen LogP contribution in [0.1, 0.15) is 21.7 Å². The predicted molar refractivity (Wildman–Crippen MR) is 78.2 cm³/mol. The van der Waals surface area contributed by atoms with Crippen LogP contribution in [0.5, 0.6) is 0 Å². The van der Waals surface area contributed by atoms with Gasteiger partial charge in [-0.2, -0.15) is 5.26 Å². The van der Waals surface area contributed by atoms with Gasteiger partial charge in [0.05, 0.1) is 35.8 Å². The molecule has 0 spiro atoms. The Hall–Kier alpha value is -2.19. The minimum absolute atomic E-state index is 0.0579. The van der Waals surface area contributed by atoms with Crippen LogP contribution in [0.15, 0.2) is 29.8 Å². The molecule has 1 aromatic heterocycles. The van der Waals surface area contributed by atoms with Crippen LogP contribution in [0.2, 0.25) is 0 Å². The molecule has 0 N–H and O–H groups in total. The van der Waals surface area contributed by atoms with E-state index in [0.29, 0.717) is 18.5 Å². The van der Waals surface area contributed by atoms with E-state index in [1.54, 1.807) is 40.9 Å². The minimum atomic E-state index is 0.0579. The van der Waals surface area contributed by atoms with Crippen molar-refractivity contribution in [2.75, 3.05) is 7.05 Å². The number of benzene rings is 1. The van der Waals surface area contributed by atoms with E-state index in [9.17, 15) is 4.79 Å². The molecule has 2 aromatic rings. The third-order valence-electron chi connectivity index (χ3n) is 3.09. The van der Waals surface area contributed by atoms with Gasteiger partial charge in [0.25, 0.3) is 0 Å². The predicted octanol–water partition coefficient (Wildman–Crippen LogP) is 2.52. The summed E-state index contributed by atoms with van der Waals surface area (Å²) in [7, 11) is 1.80. The highest BCUT2D eigenvalue weighted by Crippen LogP contribution is 2.15. The maximum Gasteiger partial charge on any atom is 0.227 e. The molecule has 0 bridgehead atoms. The lowest BCUT2D eigenvalue weighted by Crippen LogP contribution is -2.27. The molecular weight excluding hydrogens is 270 g/mol. The number of likely N-dealkylation sites (N-methyl/N-ethyl adjacent to an activating group) is 1. The molecule has 1 amide bonds. The van der Waals surface area contributed by atoms with Crippen LogP contribution in [-0.4, -0.2) is 22.8 Å². The van der Waals surface area contributed by atoms with Crippen LogP contribution >= 0.6 is 11.3 Å². The topological polar surface area (TPSA) is 57.0 Å². The maximum absolute atomic E-state index is 12.1. The summed E-state index contributed by atoms with van der Waals surface area (Å²) in [6, 6.07) is 9.17. The number of carbonyl (C=O) groups excluding carboxylic acids is 1.